The number of hydrogen-bond donors (Lipinski definition) is 2. The average Bonchev–Trinajstić information content (AvgIpc) is 2.75. The topological polar surface area (TPSA) is 67.2 Å². The van der Waals surface area contributed by atoms with Crippen molar-refractivity contribution in [2.75, 3.05) is 0 Å². The largest absolute Gasteiger partial charge is 0.481 e. The number of halogens is 1. The van der Waals surface area contributed by atoms with Gasteiger partial charge in [-0.15, -0.1) is 0 Å². The number of hydrogen-bond acceptors (Lipinski definition) is 3. The molecule has 0 spiro atoms. The Kier molecular flexibility index (Phi) is 4.92. The van der Waals surface area contributed by atoms with Gasteiger partial charge in [0.15, 0.2) is 0 Å². The fourth-order valence-electron chi connectivity index (χ4n) is 2.02. The van der Waals surface area contributed by atoms with Crippen molar-refractivity contribution in [3.8, 4) is 0 Å². The molecule has 2 rings (SSSR count). The molecule has 0 radical (unpaired) electrons. The molecule has 0 fully saturated rings. The van der Waals surface area contributed by atoms with Crippen molar-refractivity contribution >= 4 is 21.9 Å². The molecule has 0 aliphatic rings. The van der Waals surface area contributed by atoms with Crippen molar-refractivity contribution < 1.29 is 9.90 Å². The fourth-order valence-corrected chi connectivity index (χ4v) is 2.51. The molecule has 6 heteroatoms. The van der Waals surface area contributed by atoms with Crippen LogP contribution in [0.2, 0.25) is 0 Å². The predicted molar refractivity (Wildman–Crippen MR) is 79.2 cm³/mol. The normalized spacial score (nSPS) is 12.3. The van der Waals surface area contributed by atoms with Gasteiger partial charge in [0.05, 0.1) is 22.8 Å². The Morgan fingerprint density at radius 3 is 2.70 bits per heavy atom. The highest BCUT2D eigenvalue weighted by atomic mass is 79.9. The van der Waals surface area contributed by atoms with E-state index in [2.05, 4.69) is 26.3 Å². The van der Waals surface area contributed by atoms with Crippen LogP contribution in [0.15, 0.2) is 41.0 Å². The fraction of sp³-hybridized carbons (Fsp3) is 0.286. The van der Waals surface area contributed by atoms with Crippen molar-refractivity contribution in [2.24, 2.45) is 7.05 Å². The minimum Gasteiger partial charge on any atom is -0.481 e. The molecule has 1 aromatic carbocycles. The van der Waals surface area contributed by atoms with Gasteiger partial charge < -0.3 is 10.4 Å². The number of nitrogens with one attached hydrogen (secondary N) is 1. The molecule has 0 amide bonds. The van der Waals surface area contributed by atoms with Gasteiger partial charge in [-0.05, 0) is 21.5 Å². The van der Waals surface area contributed by atoms with E-state index in [4.69, 9.17) is 5.11 Å². The number of carbonyl (C=O) groups is 1. The van der Waals surface area contributed by atoms with Gasteiger partial charge in [0.2, 0.25) is 0 Å². The third-order valence-corrected chi connectivity index (χ3v) is 3.77. The number of aromatic nitrogens is 2. The molecular weight excluding hydrogens is 322 g/mol. The zero-order valence-corrected chi connectivity index (χ0v) is 12.7. The molecule has 0 saturated carbocycles. The zero-order chi connectivity index (χ0) is 14.5. The second-order valence-electron chi connectivity index (χ2n) is 4.50. The lowest BCUT2D eigenvalue weighted by atomic mass is 10.0. The predicted octanol–water partition coefficient (Wildman–Crippen LogP) is 2.49. The highest BCUT2D eigenvalue weighted by Gasteiger charge is 2.16. The number of benzene rings is 1. The maximum Gasteiger partial charge on any atom is 0.305 e. The third-order valence-electron chi connectivity index (χ3n) is 3.11. The SMILES string of the molecule is Cn1ncc(Br)c1CNC(CC(=O)O)c1ccccc1. The number of carboxylic acid groups (broad SMARTS) is 1. The molecule has 1 heterocycles. The molecule has 106 valence electrons. The number of nitrogens with zero attached hydrogens (tertiary/aromatic N) is 2. The van der Waals surface area contributed by atoms with Crippen LogP contribution in [0.3, 0.4) is 0 Å². The Balaban J connectivity index is 2.11. The van der Waals surface area contributed by atoms with Crippen LogP contribution in [0.4, 0.5) is 0 Å². The van der Waals surface area contributed by atoms with Crippen LogP contribution >= 0.6 is 15.9 Å². The number of aliphatic carboxylic acids is 1. The van der Waals surface area contributed by atoms with E-state index in [0.717, 1.165) is 15.7 Å². The van der Waals surface area contributed by atoms with Crippen LogP contribution in [0, 0.1) is 0 Å². The summed E-state index contributed by atoms with van der Waals surface area (Å²) in [6.07, 6.45) is 1.77. The van der Waals surface area contributed by atoms with Gasteiger partial charge in [0.25, 0.3) is 0 Å². The maximum absolute atomic E-state index is 11.0. The highest BCUT2D eigenvalue weighted by molar-refractivity contribution is 9.10. The monoisotopic (exact) mass is 337 g/mol. The lowest BCUT2D eigenvalue weighted by Gasteiger charge is -2.17. The Labute approximate surface area is 125 Å². The van der Waals surface area contributed by atoms with Gasteiger partial charge in [-0.1, -0.05) is 30.3 Å². The van der Waals surface area contributed by atoms with Crippen LogP contribution < -0.4 is 5.32 Å². The van der Waals surface area contributed by atoms with E-state index < -0.39 is 5.97 Å². The van der Waals surface area contributed by atoms with Crippen LogP contribution in [0.5, 0.6) is 0 Å². The minimum absolute atomic E-state index is 0.0412. The van der Waals surface area contributed by atoms with Gasteiger partial charge in [0.1, 0.15) is 0 Å². The lowest BCUT2D eigenvalue weighted by molar-refractivity contribution is -0.137. The van der Waals surface area contributed by atoms with Gasteiger partial charge in [0, 0.05) is 19.6 Å². The average molecular weight is 338 g/mol. The minimum atomic E-state index is -0.824. The molecule has 20 heavy (non-hydrogen) atoms. The number of aryl methyl sites for hydroxylation is 1. The summed E-state index contributed by atoms with van der Waals surface area (Å²) in [6.45, 7) is 0.546. The van der Waals surface area contributed by atoms with E-state index in [9.17, 15) is 4.79 Å². The molecule has 1 aromatic heterocycles. The summed E-state index contributed by atoms with van der Waals surface area (Å²) < 4.78 is 2.68. The quantitative estimate of drug-likeness (QED) is 0.849. The molecular formula is C14H16BrN3O2. The second-order valence-corrected chi connectivity index (χ2v) is 5.36. The first kappa shape index (κ1) is 14.7. The van der Waals surface area contributed by atoms with Gasteiger partial charge in [-0.2, -0.15) is 5.10 Å². The first-order valence-corrected chi connectivity index (χ1v) is 7.03. The number of rotatable bonds is 6. The van der Waals surface area contributed by atoms with Crippen LogP contribution in [0.1, 0.15) is 23.7 Å². The Bertz CT molecular complexity index is 564. The van der Waals surface area contributed by atoms with E-state index in [1.54, 1.807) is 10.9 Å². The molecule has 0 saturated heterocycles. The van der Waals surface area contributed by atoms with Crippen molar-refractivity contribution in [2.45, 2.75) is 19.0 Å². The molecule has 0 bridgehead atoms. The molecule has 2 N–H and O–H groups in total. The first-order valence-electron chi connectivity index (χ1n) is 6.24. The smallest absolute Gasteiger partial charge is 0.305 e. The van der Waals surface area contributed by atoms with Crippen LogP contribution in [-0.4, -0.2) is 20.9 Å². The van der Waals surface area contributed by atoms with E-state index in [1.165, 1.54) is 0 Å². The Morgan fingerprint density at radius 2 is 2.15 bits per heavy atom. The summed E-state index contributed by atoms with van der Waals surface area (Å²) in [5.41, 5.74) is 1.95. The molecule has 0 aliphatic carbocycles. The Morgan fingerprint density at radius 1 is 1.45 bits per heavy atom. The Hall–Kier alpha value is -1.66. The van der Waals surface area contributed by atoms with Crippen molar-refractivity contribution in [3.63, 3.8) is 0 Å². The van der Waals surface area contributed by atoms with Gasteiger partial charge >= 0.3 is 5.97 Å². The molecule has 1 atom stereocenters. The lowest BCUT2D eigenvalue weighted by Crippen LogP contribution is -2.24. The summed E-state index contributed by atoms with van der Waals surface area (Å²) >= 11 is 3.43. The second kappa shape index (κ2) is 6.67. The summed E-state index contributed by atoms with van der Waals surface area (Å²) in [6, 6.07) is 9.37. The highest BCUT2D eigenvalue weighted by Crippen LogP contribution is 2.20. The van der Waals surface area contributed by atoms with Gasteiger partial charge in [-0.25, -0.2) is 0 Å². The standard InChI is InChI=1S/C14H16BrN3O2/c1-18-13(11(15)8-17-18)9-16-12(7-14(19)20)10-5-3-2-4-6-10/h2-6,8,12,16H,7,9H2,1H3,(H,19,20). The molecule has 5 nitrogen and oxygen atoms in total. The maximum atomic E-state index is 11.0. The summed E-state index contributed by atoms with van der Waals surface area (Å²) in [7, 11) is 1.86. The van der Waals surface area contributed by atoms with Crippen LogP contribution in [0.25, 0.3) is 0 Å². The van der Waals surface area contributed by atoms with Crippen molar-refractivity contribution in [3.05, 3.63) is 52.3 Å². The van der Waals surface area contributed by atoms with Crippen molar-refractivity contribution in [1.29, 1.82) is 0 Å². The summed E-state index contributed by atoms with van der Waals surface area (Å²) in [5, 5.41) is 16.5. The summed E-state index contributed by atoms with van der Waals surface area (Å²) in [4.78, 5) is 11.0. The van der Waals surface area contributed by atoms with E-state index in [0.29, 0.717) is 6.54 Å². The number of carboxylic acids is 1. The van der Waals surface area contributed by atoms with E-state index in [-0.39, 0.29) is 12.5 Å². The molecule has 0 aliphatic heterocycles. The molecule has 1 unspecified atom stereocenters. The van der Waals surface area contributed by atoms with Gasteiger partial charge in [-0.3, -0.25) is 9.48 Å². The van der Waals surface area contributed by atoms with E-state index >= 15 is 0 Å². The van der Waals surface area contributed by atoms with Crippen molar-refractivity contribution in [1.82, 2.24) is 15.1 Å². The third kappa shape index (κ3) is 3.68. The van der Waals surface area contributed by atoms with E-state index in [1.807, 2.05) is 37.4 Å². The van der Waals surface area contributed by atoms with Crippen LogP contribution in [-0.2, 0) is 18.4 Å². The molecule has 2 aromatic rings. The first-order chi connectivity index (χ1) is 9.58. The summed E-state index contributed by atoms with van der Waals surface area (Å²) in [5.74, 6) is -0.824. The zero-order valence-electron chi connectivity index (χ0n) is 11.1.